The summed E-state index contributed by atoms with van der Waals surface area (Å²) in [7, 11) is -2.69. The Hall–Kier alpha value is -2.04. The number of hydrogen-bond donors (Lipinski definition) is 2. The molecule has 1 amide bonds. The minimum Gasteiger partial charge on any atom is -0.375 e. The van der Waals surface area contributed by atoms with Crippen LogP contribution in [0.4, 0.5) is 5.69 Å². The van der Waals surface area contributed by atoms with E-state index in [0.29, 0.717) is 0 Å². The normalized spacial score (nSPS) is 11.0. The molecule has 0 radical (unpaired) electrons. The number of nitro groups is 1. The second-order valence-corrected chi connectivity index (χ2v) is 5.02. The van der Waals surface area contributed by atoms with Crippen molar-refractivity contribution in [3.8, 4) is 0 Å². The van der Waals surface area contributed by atoms with Crippen LogP contribution in [0.1, 0.15) is 0 Å². The number of sulfonamides is 1. The minimum absolute atomic E-state index is 0.212. The van der Waals surface area contributed by atoms with Crippen LogP contribution in [0.3, 0.4) is 0 Å². The zero-order valence-corrected chi connectivity index (χ0v) is 10.6. The van der Waals surface area contributed by atoms with Gasteiger partial charge in [-0.05, 0) is 12.1 Å². The Balaban J connectivity index is 2.77. The molecule has 2 N–H and O–H groups in total. The van der Waals surface area contributed by atoms with Gasteiger partial charge in [0.15, 0.2) is 0 Å². The van der Waals surface area contributed by atoms with Crippen molar-refractivity contribution in [2.45, 2.75) is 4.90 Å². The van der Waals surface area contributed by atoms with E-state index in [9.17, 15) is 23.3 Å². The zero-order chi connectivity index (χ0) is 14.5. The number of carbonyl (C=O) groups is 1. The number of nitrogens with zero attached hydrogens (tertiary/aromatic N) is 1. The zero-order valence-electron chi connectivity index (χ0n) is 9.82. The van der Waals surface area contributed by atoms with Crippen LogP contribution < -0.4 is 10.3 Å². The molecule has 9 nitrogen and oxygen atoms in total. The SMILES string of the molecule is COCC(=O)NNS(=O)(=O)c1ccc([N+](=O)[O-])cc1. The lowest BCUT2D eigenvalue weighted by molar-refractivity contribution is -0.384. The van der Waals surface area contributed by atoms with Gasteiger partial charge >= 0.3 is 0 Å². The van der Waals surface area contributed by atoms with Crippen molar-refractivity contribution < 1.29 is 22.9 Å². The molecule has 19 heavy (non-hydrogen) atoms. The number of non-ortho nitro benzene ring substituents is 1. The number of benzene rings is 1. The molecule has 0 unspecified atom stereocenters. The summed E-state index contributed by atoms with van der Waals surface area (Å²) >= 11 is 0. The molecule has 104 valence electrons. The number of rotatable bonds is 6. The number of ether oxygens (including phenoxy) is 1. The van der Waals surface area contributed by atoms with E-state index in [1.165, 1.54) is 7.11 Å². The van der Waals surface area contributed by atoms with Crippen molar-refractivity contribution >= 4 is 21.6 Å². The number of carbonyl (C=O) groups excluding carboxylic acids is 1. The average Bonchev–Trinajstić information content (AvgIpc) is 2.37. The van der Waals surface area contributed by atoms with E-state index in [-0.39, 0.29) is 17.2 Å². The van der Waals surface area contributed by atoms with E-state index >= 15 is 0 Å². The molecule has 0 aliphatic rings. The Bertz CT molecular complexity index is 568. The topological polar surface area (TPSA) is 128 Å². The predicted molar refractivity (Wildman–Crippen MR) is 63.4 cm³/mol. The van der Waals surface area contributed by atoms with Gasteiger partial charge in [-0.25, -0.2) is 8.42 Å². The van der Waals surface area contributed by atoms with Crippen LogP contribution in [0.15, 0.2) is 29.2 Å². The highest BCUT2D eigenvalue weighted by Crippen LogP contribution is 2.15. The number of methoxy groups -OCH3 is 1. The van der Waals surface area contributed by atoms with Crippen molar-refractivity contribution in [3.05, 3.63) is 34.4 Å². The maximum atomic E-state index is 11.7. The molecule has 0 fully saturated rings. The smallest absolute Gasteiger partial charge is 0.269 e. The van der Waals surface area contributed by atoms with E-state index < -0.39 is 20.9 Å². The summed E-state index contributed by atoms with van der Waals surface area (Å²) in [4.78, 5) is 22.4. The Morgan fingerprint density at radius 2 is 1.95 bits per heavy atom. The van der Waals surface area contributed by atoms with Crippen LogP contribution in [0.2, 0.25) is 0 Å². The summed E-state index contributed by atoms with van der Waals surface area (Å²) in [5.41, 5.74) is 1.69. The third kappa shape index (κ3) is 4.28. The van der Waals surface area contributed by atoms with Gasteiger partial charge in [0.1, 0.15) is 6.61 Å². The highest BCUT2D eigenvalue weighted by Gasteiger charge is 2.16. The first-order valence-electron chi connectivity index (χ1n) is 4.91. The van der Waals surface area contributed by atoms with E-state index in [0.717, 1.165) is 24.3 Å². The monoisotopic (exact) mass is 289 g/mol. The Morgan fingerprint density at radius 3 is 2.42 bits per heavy atom. The van der Waals surface area contributed by atoms with Crippen molar-refractivity contribution in [2.24, 2.45) is 0 Å². The Kier molecular flexibility index (Phi) is 4.92. The van der Waals surface area contributed by atoms with Gasteiger partial charge in [-0.1, -0.05) is 0 Å². The Morgan fingerprint density at radius 1 is 1.37 bits per heavy atom. The number of hydrogen-bond acceptors (Lipinski definition) is 6. The molecule has 0 aliphatic carbocycles. The van der Waals surface area contributed by atoms with Crippen LogP contribution in [-0.2, 0) is 19.6 Å². The molecule has 1 aromatic carbocycles. The van der Waals surface area contributed by atoms with E-state index in [4.69, 9.17) is 0 Å². The second-order valence-electron chi connectivity index (χ2n) is 3.34. The first-order valence-corrected chi connectivity index (χ1v) is 6.39. The summed E-state index contributed by atoms with van der Waals surface area (Å²) in [6.07, 6.45) is 0. The number of hydrazine groups is 1. The van der Waals surface area contributed by atoms with Gasteiger partial charge in [-0.3, -0.25) is 20.3 Å². The van der Waals surface area contributed by atoms with Crippen molar-refractivity contribution in [1.29, 1.82) is 0 Å². The van der Waals surface area contributed by atoms with Gasteiger partial charge in [-0.15, -0.1) is 4.83 Å². The third-order valence-corrected chi connectivity index (χ3v) is 3.22. The maximum absolute atomic E-state index is 11.7. The summed E-state index contributed by atoms with van der Waals surface area (Å²) in [5, 5.41) is 10.4. The van der Waals surface area contributed by atoms with Gasteiger partial charge in [-0.2, -0.15) is 0 Å². The highest BCUT2D eigenvalue weighted by molar-refractivity contribution is 7.89. The number of amides is 1. The van der Waals surface area contributed by atoms with Crippen LogP contribution in [-0.4, -0.2) is 33.0 Å². The molecular weight excluding hydrogens is 278 g/mol. The highest BCUT2D eigenvalue weighted by atomic mass is 32.2. The lowest BCUT2D eigenvalue weighted by Gasteiger charge is -2.07. The molecule has 0 heterocycles. The average molecular weight is 289 g/mol. The van der Waals surface area contributed by atoms with Crippen LogP contribution in [0.5, 0.6) is 0 Å². The number of nitro benzene ring substituents is 1. The van der Waals surface area contributed by atoms with Gasteiger partial charge in [0.05, 0.1) is 9.82 Å². The summed E-state index contributed by atoms with van der Waals surface area (Å²) in [6.45, 7) is -0.303. The lowest BCUT2D eigenvalue weighted by Crippen LogP contribution is -2.43. The van der Waals surface area contributed by atoms with E-state index in [1.807, 2.05) is 10.3 Å². The standard InChI is InChI=1S/C9H11N3O6S/c1-18-6-9(13)10-11-19(16,17)8-4-2-7(3-5-8)12(14)15/h2-5,11H,6H2,1H3,(H,10,13). The summed E-state index contributed by atoms with van der Waals surface area (Å²) in [5.74, 6) is -0.673. The van der Waals surface area contributed by atoms with Crippen molar-refractivity contribution in [1.82, 2.24) is 10.3 Å². The number of nitrogens with one attached hydrogen (secondary N) is 2. The molecule has 0 spiro atoms. The molecular formula is C9H11N3O6S. The van der Waals surface area contributed by atoms with Gasteiger partial charge < -0.3 is 4.74 Å². The van der Waals surface area contributed by atoms with Gasteiger partial charge in [0.25, 0.3) is 21.6 Å². The summed E-state index contributed by atoms with van der Waals surface area (Å²) < 4.78 is 27.9. The first kappa shape index (κ1) is 15.0. The fourth-order valence-corrected chi connectivity index (χ4v) is 1.96. The van der Waals surface area contributed by atoms with Crippen LogP contribution in [0, 0.1) is 10.1 Å². The Labute approximate surface area is 108 Å². The van der Waals surface area contributed by atoms with E-state index in [1.54, 1.807) is 0 Å². The molecule has 0 saturated carbocycles. The third-order valence-electron chi connectivity index (χ3n) is 1.96. The minimum atomic E-state index is -3.98. The molecule has 10 heteroatoms. The van der Waals surface area contributed by atoms with Crippen molar-refractivity contribution in [2.75, 3.05) is 13.7 Å². The first-order chi connectivity index (χ1) is 8.86. The second kappa shape index (κ2) is 6.22. The molecule has 0 saturated heterocycles. The largest absolute Gasteiger partial charge is 0.375 e. The fourth-order valence-electron chi connectivity index (χ4n) is 1.10. The molecule has 0 atom stereocenters. The predicted octanol–water partition coefficient (Wildman–Crippen LogP) is -0.449. The van der Waals surface area contributed by atoms with Crippen LogP contribution in [0.25, 0.3) is 0 Å². The quantitative estimate of drug-likeness (QED) is 0.539. The lowest BCUT2D eigenvalue weighted by atomic mass is 10.3. The molecule has 0 aliphatic heterocycles. The molecule has 0 bridgehead atoms. The molecule has 0 aromatic heterocycles. The molecule has 1 aromatic rings. The van der Waals surface area contributed by atoms with Gasteiger partial charge in [0.2, 0.25) is 0 Å². The van der Waals surface area contributed by atoms with Crippen molar-refractivity contribution in [3.63, 3.8) is 0 Å². The fraction of sp³-hybridized carbons (Fsp3) is 0.222. The van der Waals surface area contributed by atoms with Crippen LogP contribution >= 0.6 is 0 Å². The summed E-state index contributed by atoms with van der Waals surface area (Å²) in [6, 6.07) is 4.21. The molecule has 1 rings (SSSR count). The maximum Gasteiger partial charge on any atom is 0.269 e. The van der Waals surface area contributed by atoms with E-state index in [2.05, 4.69) is 4.74 Å². The van der Waals surface area contributed by atoms with Gasteiger partial charge in [0, 0.05) is 19.2 Å².